The Morgan fingerprint density at radius 3 is 2.57 bits per heavy atom. The van der Waals surface area contributed by atoms with E-state index in [1.807, 2.05) is 7.05 Å². The number of aliphatic imine (C=N–C) groups is 1. The van der Waals surface area contributed by atoms with E-state index in [0.29, 0.717) is 0 Å². The summed E-state index contributed by atoms with van der Waals surface area (Å²) in [5.74, 6) is 2.78. The molecule has 1 aliphatic carbocycles. The van der Waals surface area contributed by atoms with Crippen LogP contribution in [0.25, 0.3) is 0 Å². The summed E-state index contributed by atoms with van der Waals surface area (Å²) in [7, 11) is 4.08. The molecular weight excluding hydrogens is 260 g/mol. The highest BCUT2D eigenvalue weighted by molar-refractivity contribution is 5.79. The van der Waals surface area contributed by atoms with Crippen LogP contribution in [0.2, 0.25) is 0 Å². The van der Waals surface area contributed by atoms with E-state index in [2.05, 4.69) is 27.6 Å². The van der Waals surface area contributed by atoms with Crippen molar-refractivity contribution in [3.63, 3.8) is 0 Å². The summed E-state index contributed by atoms with van der Waals surface area (Å²) >= 11 is 0. The van der Waals surface area contributed by atoms with Gasteiger partial charge in [0.2, 0.25) is 0 Å². The first kappa shape index (κ1) is 16.6. The van der Waals surface area contributed by atoms with Crippen LogP contribution in [0.3, 0.4) is 0 Å². The summed E-state index contributed by atoms with van der Waals surface area (Å²) in [6, 6.07) is 0. The molecule has 1 atom stereocenters. The van der Waals surface area contributed by atoms with E-state index in [-0.39, 0.29) is 0 Å². The van der Waals surface area contributed by atoms with Crippen molar-refractivity contribution < 1.29 is 0 Å². The lowest BCUT2D eigenvalue weighted by molar-refractivity contribution is 0.394. The van der Waals surface area contributed by atoms with Crippen molar-refractivity contribution in [2.75, 3.05) is 40.3 Å². The predicted octanol–water partition coefficient (Wildman–Crippen LogP) is 2.46. The minimum Gasteiger partial charge on any atom is -0.356 e. The van der Waals surface area contributed by atoms with Gasteiger partial charge >= 0.3 is 0 Å². The molecule has 21 heavy (non-hydrogen) atoms. The smallest absolute Gasteiger partial charge is 0.190 e. The van der Waals surface area contributed by atoms with Gasteiger partial charge in [-0.25, -0.2) is 0 Å². The molecule has 2 aliphatic rings. The lowest BCUT2D eigenvalue weighted by Crippen LogP contribution is -2.40. The van der Waals surface area contributed by atoms with Crippen LogP contribution in [-0.2, 0) is 0 Å². The molecule has 0 aromatic rings. The molecular formula is C17H34N4. The molecule has 2 fully saturated rings. The van der Waals surface area contributed by atoms with Crippen molar-refractivity contribution in [3.05, 3.63) is 0 Å². The summed E-state index contributed by atoms with van der Waals surface area (Å²) in [6.45, 7) is 4.55. The van der Waals surface area contributed by atoms with Gasteiger partial charge in [0.1, 0.15) is 0 Å². The molecule has 2 rings (SSSR count). The zero-order valence-electron chi connectivity index (χ0n) is 14.0. The minimum atomic E-state index is 0.774. The van der Waals surface area contributed by atoms with Crippen molar-refractivity contribution in [2.45, 2.75) is 51.4 Å². The Hall–Kier alpha value is -0.770. The van der Waals surface area contributed by atoms with Crippen molar-refractivity contribution in [3.8, 4) is 0 Å². The number of nitrogens with zero attached hydrogens (tertiary/aromatic N) is 2. The first-order valence-corrected chi connectivity index (χ1v) is 8.91. The second-order valence-electron chi connectivity index (χ2n) is 6.94. The number of unbranched alkanes of at least 4 members (excludes halogenated alkanes) is 1. The van der Waals surface area contributed by atoms with Crippen LogP contribution in [0.1, 0.15) is 51.4 Å². The number of hydrogen-bond donors (Lipinski definition) is 2. The van der Waals surface area contributed by atoms with Crippen LogP contribution >= 0.6 is 0 Å². The maximum Gasteiger partial charge on any atom is 0.190 e. The van der Waals surface area contributed by atoms with E-state index < -0.39 is 0 Å². The average molecular weight is 294 g/mol. The summed E-state index contributed by atoms with van der Waals surface area (Å²) in [5.41, 5.74) is 0. The number of rotatable bonds is 7. The third kappa shape index (κ3) is 6.25. The summed E-state index contributed by atoms with van der Waals surface area (Å²) < 4.78 is 0. The Kier molecular flexibility index (Phi) is 7.34. The SMILES string of the molecule is CN=C(NCCCCC1CCCC1)NCC1CCN(C)C1. The van der Waals surface area contributed by atoms with Crippen LogP contribution < -0.4 is 10.6 Å². The quantitative estimate of drug-likeness (QED) is 0.430. The van der Waals surface area contributed by atoms with Gasteiger partial charge in [-0.3, -0.25) is 4.99 Å². The Bertz CT molecular complexity index is 310. The molecule has 4 nitrogen and oxygen atoms in total. The molecule has 1 saturated carbocycles. The van der Waals surface area contributed by atoms with Crippen molar-refractivity contribution >= 4 is 5.96 Å². The highest BCUT2D eigenvalue weighted by atomic mass is 15.2. The maximum absolute atomic E-state index is 4.32. The Balaban J connectivity index is 1.49. The molecule has 0 bridgehead atoms. The maximum atomic E-state index is 4.32. The van der Waals surface area contributed by atoms with Gasteiger partial charge in [0, 0.05) is 26.7 Å². The van der Waals surface area contributed by atoms with E-state index in [4.69, 9.17) is 0 Å². The monoisotopic (exact) mass is 294 g/mol. The van der Waals surface area contributed by atoms with Gasteiger partial charge in [0.15, 0.2) is 5.96 Å². The van der Waals surface area contributed by atoms with Gasteiger partial charge < -0.3 is 15.5 Å². The zero-order valence-corrected chi connectivity index (χ0v) is 14.0. The molecule has 4 heteroatoms. The first-order chi connectivity index (χ1) is 10.3. The van der Waals surface area contributed by atoms with E-state index in [1.54, 1.807) is 0 Å². The predicted molar refractivity (Wildman–Crippen MR) is 90.8 cm³/mol. The van der Waals surface area contributed by atoms with Gasteiger partial charge in [0.25, 0.3) is 0 Å². The normalized spacial score (nSPS) is 24.7. The van der Waals surface area contributed by atoms with Crippen molar-refractivity contribution in [2.24, 2.45) is 16.8 Å². The third-order valence-corrected chi connectivity index (χ3v) is 5.08. The molecule has 1 heterocycles. The fraction of sp³-hybridized carbons (Fsp3) is 0.941. The molecule has 0 aromatic heterocycles. The second-order valence-corrected chi connectivity index (χ2v) is 6.94. The molecule has 1 unspecified atom stereocenters. The van der Waals surface area contributed by atoms with Crippen LogP contribution in [0.15, 0.2) is 4.99 Å². The molecule has 1 aliphatic heterocycles. The van der Waals surface area contributed by atoms with Gasteiger partial charge in [-0.2, -0.15) is 0 Å². The third-order valence-electron chi connectivity index (χ3n) is 5.08. The largest absolute Gasteiger partial charge is 0.356 e. The van der Waals surface area contributed by atoms with E-state index in [0.717, 1.165) is 30.9 Å². The summed E-state index contributed by atoms with van der Waals surface area (Å²) in [6.07, 6.45) is 11.3. The van der Waals surface area contributed by atoms with E-state index >= 15 is 0 Å². The standard InChI is InChI=1S/C17H34N4/c1-18-17(20-13-16-10-12-21(2)14-16)19-11-6-5-9-15-7-3-4-8-15/h15-16H,3-14H2,1-2H3,(H2,18,19,20). The number of hydrogen-bond acceptors (Lipinski definition) is 2. The number of nitrogens with one attached hydrogen (secondary N) is 2. The van der Waals surface area contributed by atoms with Gasteiger partial charge in [-0.05, 0) is 38.3 Å². The topological polar surface area (TPSA) is 39.7 Å². The van der Waals surface area contributed by atoms with Gasteiger partial charge in [0.05, 0.1) is 0 Å². The average Bonchev–Trinajstić information content (AvgIpc) is 3.13. The highest BCUT2D eigenvalue weighted by Crippen LogP contribution is 2.28. The van der Waals surface area contributed by atoms with Crippen LogP contribution in [0.5, 0.6) is 0 Å². The minimum absolute atomic E-state index is 0.774. The molecule has 0 radical (unpaired) electrons. The van der Waals surface area contributed by atoms with Crippen molar-refractivity contribution in [1.82, 2.24) is 15.5 Å². The van der Waals surface area contributed by atoms with Crippen LogP contribution in [-0.4, -0.2) is 51.1 Å². The Labute approximate surface area is 130 Å². The molecule has 2 N–H and O–H groups in total. The van der Waals surface area contributed by atoms with Crippen molar-refractivity contribution in [1.29, 1.82) is 0 Å². The lowest BCUT2D eigenvalue weighted by Gasteiger charge is -2.15. The van der Waals surface area contributed by atoms with Crippen LogP contribution in [0.4, 0.5) is 0 Å². The Morgan fingerprint density at radius 1 is 1.10 bits per heavy atom. The summed E-state index contributed by atoms with van der Waals surface area (Å²) in [5, 5.41) is 6.93. The Morgan fingerprint density at radius 2 is 1.90 bits per heavy atom. The van der Waals surface area contributed by atoms with E-state index in [9.17, 15) is 0 Å². The van der Waals surface area contributed by atoms with Crippen LogP contribution in [0, 0.1) is 11.8 Å². The van der Waals surface area contributed by atoms with E-state index in [1.165, 1.54) is 64.5 Å². The second kappa shape index (κ2) is 9.29. The first-order valence-electron chi connectivity index (χ1n) is 8.91. The zero-order chi connectivity index (χ0) is 14.9. The molecule has 122 valence electrons. The molecule has 0 aromatic carbocycles. The highest BCUT2D eigenvalue weighted by Gasteiger charge is 2.19. The van der Waals surface area contributed by atoms with Gasteiger partial charge in [-0.15, -0.1) is 0 Å². The lowest BCUT2D eigenvalue weighted by atomic mass is 10.0. The summed E-state index contributed by atoms with van der Waals surface area (Å²) in [4.78, 5) is 6.73. The molecule has 1 saturated heterocycles. The molecule has 0 spiro atoms. The number of guanidine groups is 1. The van der Waals surface area contributed by atoms with Gasteiger partial charge in [-0.1, -0.05) is 38.5 Å². The number of likely N-dealkylation sites (tertiary alicyclic amines) is 1. The molecule has 0 amide bonds. The fourth-order valence-corrected chi connectivity index (χ4v) is 3.72. The fourth-order valence-electron chi connectivity index (χ4n) is 3.72.